The molecule has 0 spiro atoms. The predicted octanol–water partition coefficient (Wildman–Crippen LogP) is 36.0. The molecule has 0 bridgehead atoms. The van der Waals surface area contributed by atoms with Crippen LogP contribution in [-0.4, -0.2) is 0 Å². The van der Waals surface area contributed by atoms with E-state index in [-0.39, 0.29) is 16.2 Å². The molecule has 19 aromatic rings. The molecule has 4 heteroatoms. The number of fused-ring (bicyclic) bond motifs is 32. The average molecular weight is 1690 g/mol. The van der Waals surface area contributed by atoms with Crippen molar-refractivity contribution in [3.8, 4) is 111 Å². The van der Waals surface area contributed by atoms with Crippen molar-refractivity contribution in [2.24, 2.45) is 0 Å². The van der Waals surface area contributed by atoms with Crippen molar-refractivity contribution in [3.63, 3.8) is 0 Å². The third-order valence-electron chi connectivity index (χ3n) is 32.5. The van der Waals surface area contributed by atoms with E-state index in [4.69, 9.17) is 13.3 Å². The lowest BCUT2D eigenvalue weighted by Gasteiger charge is -2.33. The zero-order chi connectivity index (χ0) is 88.0. The number of nitrogens with zero attached hydrogens (tertiary/aromatic N) is 1. The molecule has 0 atom stereocenters. The molecule has 3 heterocycles. The Morgan fingerprint density at radius 2 is 0.562 bits per heavy atom. The number of furan rings is 3. The lowest BCUT2D eigenvalue weighted by Crippen LogP contribution is -2.25. The molecule has 6 aliphatic carbocycles. The zero-order valence-corrected chi connectivity index (χ0v) is 76.9. The van der Waals surface area contributed by atoms with Crippen LogP contribution in [0.5, 0.6) is 0 Å². The summed E-state index contributed by atoms with van der Waals surface area (Å²) in [5.74, 6) is 0. The summed E-state index contributed by atoms with van der Waals surface area (Å²) in [6.07, 6.45) is 15.4. The van der Waals surface area contributed by atoms with Crippen LogP contribution in [0, 0.1) is 0 Å². The van der Waals surface area contributed by atoms with Crippen molar-refractivity contribution in [2.75, 3.05) is 4.90 Å². The van der Waals surface area contributed by atoms with Crippen molar-refractivity contribution in [1.29, 1.82) is 0 Å². The van der Waals surface area contributed by atoms with Gasteiger partial charge in [0, 0.05) is 98.6 Å². The molecule has 0 N–H and O–H groups in total. The summed E-state index contributed by atoms with van der Waals surface area (Å²) in [6.45, 7) is 29.2. The van der Waals surface area contributed by atoms with Crippen molar-refractivity contribution < 1.29 is 13.3 Å². The van der Waals surface area contributed by atoms with Gasteiger partial charge in [-0.25, -0.2) is 0 Å². The highest BCUT2D eigenvalue weighted by Gasteiger charge is 2.51. The van der Waals surface area contributed by atoms with E-state index in [9.17, 15) is 0 Å². The topological polar surface area (TPSA) is 42.7 Å². The van der Waals surface area contributed by atoms with E-state index in [1.807, 2.05) is 0 Å². The summed E-state index contributed by atoms with van der Waals surface area (Å²) >= 11 is 0. The highest BCUT2D eigenvalue weighted by atomic mass is 16.3. The Kier molecular flexibility index (Phi) is 17.4. The highest BCUT2D eigenvalue weighted by molar-refractivity contribution is 6.23. The first-order valence-electron chi connectivity index (χ1n) is 48.2. The van der Waals surface area contributed by atoms with E-state index >= 15 is 0 Å². The molecule has 4 nitrogen and oxygen atoms in total. The zero-order valence-electron chi connectivity index (χ0n) is 76.9. The molecular formula is C126H109NO3. The first kappa shape index (κ1) is 78.9. The Balaban J connectivity index is 0.592. The smallest absolute Gasteiger partial charge is 0.144 e. The normalized spacial score (nSPS) is 15.7. The maximum absolute atomic E-state index is 7.27. The molecule has 0 amide bonds. The highest BCUT2D eigenvalue weighted by Crippen LogP contribution is 2.67. The Morgan fingerprint density at radius 1 is 0.223 bits per heavy atom. The van der Waals surface area contributed by atoms with Crippen molar-refractivity contribution in [2.45, 2.75) is 193 Å². The fraction of sp³-hybridized carbons (Fsp3) is 0.238. The molecule has 25 rings (SSSR count). The molecule has 0 saturated carbocycles. The standard InChI is InChI=1S/C126H109NO3/c1-13-15-17-19-34-64-126(65-35-20-18-16-14-2)97-44-30-24-38-83(97)86-60-54-79(68-103(86)126)78-53-59-85-84-58-52-77(66-98(84)121(3,4)99(85)67-78)74-48-50-76(51-49-74)95-73-105-110(113-92-41-27-32-46-107(92)129-119(95)113)89-62-56-81(70-101(89)123(105,7)8)127(80-55-61-88-100(69-80)122(5,6)104-72-94(75-36-22-21-23-37-75)118-112(109(88)104)91-40-26-31-45-106(91)128-118)82-57-63-90-102(71-82)125(11,12)116-111(90)114-93-42-28-33-47-108(93)130-120(114)115-87-39-25-29-43-96(87)124(9,10)117(115)116/h21-33,36-63,66-73H,13-20,34-35,64-65H2,1-12H3. The minimum absolute atomic E-state index is 0.0316. The third-order valence-corrected chi connectivity index (χ3v) is 32.5. The largest absolute Gasteiger partial charge is 0.455 e. The molecule has 636 valence electrons. The maximum Gasteiger partial charge on any atom is 0.144 e. The second kappa shape index (κ2) is 28.6. The monoisotopic (exact) mass is 1680 g/mol. The summed E-state index contributed by atoms with van der Waals surface area (Å²) in [7, 11) is 0. The Labute approximate surface area is 763 Å². The van der Waals surface area contributed by atoms with E-state index in [2.05, 4.69) is 385 Å². The molecule has 0 radical (unpaired) electrons. The second-order valence-electron chi connectivity index (χ2n) is 41.5. The minimum atomic E-state index is -0.453. The minimum Gasteiger partial charge on any atom is -0.455 e. The molecule has 6 aliphatic rings. The van der Waals surface area contributed by atoms with Crippen LogP contribution in [0.15, 0.2) is 311 Å². The van der Waals surface area contributed by atoms with Gasteiger partial charge < -0.3 is 18.2 Å². The van der Waals surface area contributed by atoms with E-state index in [1.54, 1.807) is 11.1 Å². The van der Waals surface area contributed by atoms with Crippen LogP contribution in [0.3, 0.4) is 0 Å². The van der Waals surface area contributed by atoms with E-state index in [1.165, 1.54) is 232 Å². The molecule has 130 heavy (non-hydrogen) atoms. The number of rotatable bonds is 19. The van der Waals surface area contributed by atoms with E-state index < -0.39 is 16.2 Å². The number of hydrogen-bond donors (Lipinski definition) is 0. The van der Waals surface area contributed by atoms with E-state index in [0.29, 0.717) is 0 Å². The number of benzene rings is 16. The van der Waals surface area contributed by atoms with Gasteiger partial charge in [-0.15, -0.1) is 0 Å². The van der Waals surface area contributed by atoms with Gasteiger partial charge >= 0.3 is 0 Å². The SMILES string of the molecule is CCCCCCCC1(CCCCCCC)c2ccccc2-c2ccc(-c3ccc4c(c3)C(C)(C)c3cc(-c5ccc(-c6cc7c(c8c6oc6ccccc68)-c6ccc(N(c8ccc9c(c8)C(C)(C)c8cc(-c%10ccccc%10)c%10oc%11ccccc%11c%10c8-9)c8ccc9c(c8)C(C)(C)c8c%10c(c%11oc%12ccccc%12c%11c8-9)-c8ccccc8C%10(C)C)cc6C7(C)C)cc5)ccc3-4)cc21. The summed E-state index contributed by atoms with van der Waals surface area (Å²) < 4.78 is 21.5. The quantitative estimate of drug-likeness (QED) is 0.0757. The van der Waals surface area contributed by atoms with Crippen LogP contribution < -0.4 is 4.90 Å². The van der Waals surface area contributed by atoms with Crippen LogP contribution >= 0.6 is 0 Å². The number of unbranched alkanes of at least 4 members (excludes halogenated alkanes) is 8. The van der Waals surface area contributed by atoms with Crippen LogP contribution in [-0.2, 0) is 32.5 Å². The molecule has 16 aromatic carbocycles. The van der Waals surface area contributed by atoms with Crippen molar-refractivity contribution in [1.82, 2.24) is 0 Å². The molecule has 0 fully saturated rings. The fourth-order valence-electron chi connectivity index (χ4n) is 25.9. The van der Waals surface area contributed by atoms with Gasteiger partial charge in [0.25, 0.3) is 0 Å². The van der Waals surface area contributed by atoms with Crippen LogP contribution in [0.4, 0.5) is 17.1 Å². The molecule has 3 aromatic heterocycles. The van der Waals surface area contributed by atoms with Crippen LogP contribution in [0.2, 0.25) is 0 Å². The van der Waals surface area contributed by atoms with Gasteiger partial charge in [-0.2, -0.15) is 0 Å². The average Bonchev–Trinajstić information content (AvgIpc) is 1.52. The summed E-state index contributed by atoms with van der Waals surface area (Å²) in [5.41, 5.74) is 48.7. The molecule has 0 aliphatic heterocycles. The van der Waals surface area contributed by atoms with Gasteiger partial charge in [0.2, 0.25) is 0 Å². The van der Waals surface area contributed by atoms with Gasteiger partial charge in [0.05, 0.1) is 0 Å². The van der Waals surface area contributed by atoms with Gasteiger partial charge in [0.1, 0.15) is 33.5 Å². The molecule has 0 unspecified atom stereocenters. The van der Waals surface area contributed by atoms with Gasteiger partial charge in [-0.1, -0.05) is 360 Å². The number of anilines is 3. The number of para-hydroxylation sites is 3. The second-order valence-corrected chi connectivity index (χ2v) is 41.5. The molecule has 0 saturated heterocycles. The van der Waals surface area contributed by atoms with Gasteiger partial charge in [-0.05, 0) is 259 Å². The van der Waals surface area contributed by atoms with E-state index in [0.717, 1.165) is 94.4 Å². The first-order valence-corrected chi connectivity index (χ1v) is 48.2. The number of hydrogen-bond acceptors (Lipinski definition) is 4. The lowest BCUT2D eigenvalue weighted by molar-refractivity contribution is 0.399. The van der Waals surface area contributed by atoms with Crippen molar-refractivity contribution >= 4 is 82.9 Å². The summed E-state index contributed by atoms with van der Waals surface area (Å²) in [6, 6.07) is 114. The Bertz CT molecular complexity index is 8020. The lowest BCUT2D eigenvalue weighted by atomic mass is 9.70. The summed E-state index contributed by atoms with van der Waals surface area (Å²) in [4.78, 5) is 2.58. The third kappa shape index (κ3) is 11.1. The Morgan fingerprint density at radius 3 is 1.08 bits per heavy atom. The first-order chi connectivity index (χ1) is 63.2. The van der Waals surface area contributed by atoms with Crippen LogP contribution in [0.25, 0.3) is 177 Å². The molecular weight excluding hydrogens is 1580 g/mol. The van der Waals surface area contributed by atoms with Crippen LogP contribution in [0.1, 0.15) is 227 Å². The van der Waals surface area contributed by atoms with Gasteiger partial charge in [-0.3, -0.25) is 0 Å². The fourth-order valence-corrected chi connectivity index (χ4v) is 25.9. The maximum atomic E-state index is 7.27. The summed E-state index contributed by atoms with van der Waals surface area (Å²) in [5, 5.41) is 6.95. The Hall–Kier alpha value is -13.3. The van der Waals surface area contributed by atoms with Crippen molar-refractivity contribution in [3.05, 3.63) is 364 Å². The van der Waals surface area contributed by atoms with Gasteiger partial charge in [0.15, 0.2) is 0 Å². The predicted molar refractivity (Wildman–Crippen MR) is 545 cm³/mol.